The van der Waals surface area contributed by atoms with E-state index in [1.807, 2.05) is 6.92 Å². The number of rotatable bonds is 15. The van der Waals surface area contributed by atoms with E-state index < -0.39 is 17.3 Å². The third-order valence-corrected chi connectivity index (χ3v) is 3.94. The second-order valence-corrected chi connectivity index (χ2v) is 6.62. The Morgan fingerprint density at radius 3 is 2.20 bits per heavy atom. The number of ketones is 2. The number of carbonyl (C=O) groups is 4. The van der Waals surface area contributed by atoms with Crippen molar-refractivity contribution in [2.45, 2.75) is 65.7 Å². The molecule has 0 amide bonds. The predicted octanol–water partition coefficient (Wildman–Crippen LogP) is 3.00. The molecule has 0 aliphatic carbocycles. The van der Waals surface area contributed by atoms with Gasteiger partial charge in [0.15, 0.2) is 6.29 Å². The zero-order chi connectivity index (χ0) is 19.2. The van der Waals surface area contributed by atoms with E-state index in [0.717, 1.165) is 25.5 Å². The maximum absolute atomic E-state index is 11.4. The molecule has 0 aromatic heterocycles. The number of aliphatic carboxylic acids is 1. The molecule has 0 rings (SSSR count). The molecule has 0 spiro atoms. The summed E-state index contributed by atoms with van der Waals surface area (Å²) in [7, 11) is 0. The van der Waals surface area contributed by atoms with E-state index in [1.165, 1.54) is 37.5 Å². The van der Waals surface area contributed by atoms with Gasteiger partial charge in [0.2, 0.25) is 5.78 Å². The number of carboxylic acid groups (broad SMARTS) is 1. The first kappa shape index (κ1) is 23.0. The Bertz CT molecular complexity index is 484. The highest BCUT2D eigenvalue weighted by Crippen LogP contribution is 2.14. The smallest absolute Gasteiger partial charge is 0.341 e. The summed E-state index contributed by atoms with van der Waals surface area (Å²) in [6.07, 6.45) is 9.26. The minimum Gasteiger partial charge on any atom is -0.477 e. The number of carboxylic acids is 1. The molecule has 142 valence electrons. The zero-order valence-electron chi connectivity index (χ0n) is 15.6. The van der Waals surface area contributed by atoms with Crippen LogP contribution in [0.15, 0.2) is 11.8 Å². The highest BCUT2D eigenvalue weighted by molar-refractivity contribution is 6.40. The Morgan fingerprint density at radius 1 is 1.08 bits per heavy atom. The van der Waals surface area contributed by atoms with Crippen LogP contribution in [0, 0.1) is 5.92 Å². The van der Waals surface area contributed by atoms with Crippen LogP contribution in [0.25, 0.3) is 0 Å². The van der Waals surface area contributed by atoms with Crippen molar-refractivity contribution < 1.29 is 24.3 Å². The van der Waals surface area contributed by atoms with E-state index in [-0.39, 0.29) is 24.5 Å². The second kappa shape index (κ2) is 13.3. The van der Waals surface area contributed by atoms with Gasteiger partial charge in [0.1, 0.15) is 11.4 Å². The SMILES string of the molecule is CCCCCCCCC(C)CN(/C=C(/C(=O)O)C(=O)C=O)CC(C)=O. The summed E-state index contributed by atoms with van der Waals surface area (Å²) >= 11 is 0. The Labute approximate surface area is 150 Å². The van der Waals surface area contributed by atoms with Crippen LogP contribution >= 0.6 is 0 Å². The zero-order valence-corrected chi connectivity index (χ0v) is 15.6. The molecule has 6 heteroatoms. The fourth-order valence-electron chi connectivity index (χ4n) is 2.68. The fourth-order valence-corrected chi connectivity index (χ4v) is 2.68. The van der Waals surface area contributed by atoms with Crippen LogP contribution < -0.4 is 0 Å². The normalized spacial score (nSPS) is 12.5. The van der Waals surface area contributed by atoms with Gasteiger partial charge in [0.25, 0.3) is 0 Å². The maximum atomic E-state index is 11.4. The van der Waals surface area contributed by atoms with Gasteiger partial charge < -0.3 is 10.0 Å². The number of nitrogens with zero attached hydrogens (tertiary/aromatic N) is 1. The minimum absolute atomic E-state index is 0.0176. The topological polar surface area (TPSA) is 91.8 Å². The lowest BCUT2D eigenvalue weighted by atomic mass is 10.0. The van der Waals surface area contributed by atoms with Gasteiger partial charge in [-0.2, -0.15) is 0 Å². The third kappa shape index (κ3) is 11.2. The monoisotopic (exact) mass is 353 g/mol. The largest absolute Gasteiger partial charge is 0.477 e. The van der Waals surface area contributed by atoms with E-state index in [0.29, 0.717) is 6.54 Å². The van der Waals surface area contributed by atoms with Gasteiger partial charge in [-0.15, -0.1) is 0 Å². The number of hydrogen-bond acceptors (Lipinski definition) is 5. The molecule has 0 aromatic carbocycles. The van der Waals surface area contributed by atoms with Crippen molar-refractivity contribution >= 4 is 23.8 Å². The number of Topliss-reactive ketones (excluding diaryl/α,β-unsaturated/α-hetero) is 2. The number of aldehydes is 1. The van der Waals surface area contributed by atoms with Crippen molar-refractivity contribution in [1.82, 2.24) is 4.90 Å². The van der Waals surface area contributed by atoms with Crippen LogP contribution in [0.5, 0.6) is 0 Å². The molecule has 0 radical (unpaired) electrons. The molecule has 1 atom stereocenters. The highest BCUT2D eigenvalue weighted by Gasteiger charge is 2.19. The summed E-state index contributed by atoms with van der Waals surface area (Å²) in [5.74, 6) is -2.44. The molecule has 0 aliphatic rings. The van der Waals surface area contributed by atoms with Crippen molar-refractivity contribution in [1.29, 1.82) is 0 Å². The van der Waals surface area contributed by atoms with Crippen LogP contribution in [0.3, 0.4) is 0 Å². The predicted molar refractivity (Wildman–Crippen MR) is 96.2 cm³/mol. The third-order valence-electron chi connectivity index (χ3n) is 3.94. The molecule has 1 unspecified atom stereocenters. The second-order valence-electron chi connectivity index (χ2n) is 6.62. The van der Waals surface area contributed by atoms with Crippen LogP contribution in [-0.4, -0.2) is 46.9 Å². The van der Waals surface area contributed by atoms with Crippen molar-refractivity contribution in [3.8, 4) is 0 Å². The van der Waals surface area contributed by atoms with Gasteiger partial charge >= 0.3 is 5.97 Å². The van der Waals surface area contributed by atoms with E-state index in [9.17, 15) is 19.2 Å². The van der Waals surface area contributed by atoms with E-state index in [2.05, 4.69) is 6.92 Å². The molecule has 0 bridgehead atoms. The Morgan fingerprint density at radius 2 is 1.68 bits per heavy atom. The quantitative estimate of drug-likeness (QED) is 0.121. The lowest BCUT2D eigenvalue weighted by Crippen LogP contribution is -2.30. The lowest BCUT2D eigenvalue weighted by Gasteiger charge is -2.24. The summed E-state index contributed by atoms with van der Waals surface area (Å²) in [5, 5.41) is 9.08. The van der Waals surface area contributed by atoms with E-state index >= 15 is 0 Å². The molecule has 0 saturated heterocycles. The molecule has 6 nitrogen and oxygen atoms in total. The van der Waals surface area contributed by atoms with Crippen LogP contribution in [0.2, 0.25) is 0 Å². The van der Waals surface area contributed by atoms with Gasteiger partial charge in [0.05, 0.1) is 6.54 Å². The number of carbonyl (C=O) groups excluding carboxylic acids is 3. The first-order valence-electron chi connectivity index (χ1n) is 8.99. The molecule has 0 heterocycles. The molecular weight excluding hydrogens is 322 g/mol. The number of hydrogen-bond donors (Lipinski definition) is 1. The van der Waals surface area contributed by atoms with Gasteiger partial charge in [-0.05, 0) is 19.3 Å². The Kier molecular flexibility index (Phi) is 12.3. The van der Waals surface area contributed by atoms with Crippen molar-refractivity contribution in [2.75, 3.05) is 13.1 Å². The van der Waals surface area contributed by atoms with Crippen LogP contribution in [-0.2, 0) is 19.2 Å². The standard InChI is InChI=1S/C19H31NO5/c1-4-5-6-7-8-9-10-15(2)11-20(12-16(3)22)13-17(19(24)25)18(23)14-21/h13-15H,4-12H2,1-3H3,(H,24,25)/b17-13+. The first-order chi connectivity index (χ1) is 11.8. The minimum atomic E-state index is -1.46. The van der Waals surface area contributed by atoms with Gasteiger partial charge in [-0.3, -0.25) is 14.4 Å². The summed E-state index contributed by atoms with van der Waals surface area (Å²) in [4.78, 5) is 46.1. The first-order valence-corrected chi connectivity index (χ1v) is 8.99. The molecule has 0 aromatic rings. The van der Waals surface area contributed by atoms with Crippen LogP contribution in [0.1, 0.15) is 65.7 Å². The average molecular weight is 353 g/mol. The van der Waals surface area contributed by atoms with Gasteiger partial charge in [0, 0.05) is 12.7 Å². The summed E-state index contributed by atoms with van der Waals surface area (Å²) in [5.41, 5.74) is -0.608. The maximum Gasteiger partial charge on any atom is 0.341 e. The van der Waals surface area contributed by atoms with Gasteiger partial charge in [-0.25, -0.2) is 4.79 Å². The van der Waals surface area contributed by atoms with Crippen molar-refractivity contribution in [2.24, 2.45) is 5.92 Å². The number of unbranched alkanes of at least 4 members (excludes halogenated alkanes) is 5. The molecule has 1 N–H and O–H groups in total. The average Bonchev–Trinajstić information content (AvgIpc) is 2.54. The Hall–Kier alpha value is -1.98. The van der Waals surface area contributed by atoms with Crippen molar-refractivity contribution in [3.05, 3.63) is 11.8 Å². The fraction of sp³-hybridized carbons (Fsp3) is 0.684. The molecule has 0 aliphatic heterocycles. The Balaban J connectivity index is 4.70. The molecular formula is C19H31NO5. The summed E-state index contributed by atoms with van der Waals surface area (Å²) in [6, 6.07) is 0. The highest BCUT2D eigenvalue weighted by atomic mass is 16.4. The van der Waals surface area contributed by atoms with E-state index in [4.69, 9.17) is 5.11 Å². The molecule has 0 fully saturated rings. The lowest BCUT2D eigenvalue weighted by molar-refractivity contribution is -0.136. The molecule has 0 saturated carbocycles. The van der Waals surface area contributed by atoms with Crippen molar-refractivity contribution in [3.63, 3.8) is 0 Å². The summed E-state index contributed by atoms with van der Waals surface area (Å²) in [6.45, 7) is 6.11. The molecule has 25 heavy (non-hydrogen) atoms. The van der Waals surface area contributed by atoms with E-state index in [1.54, 1.807) is 0 Å². The van der Waals surface area contributed by atoms with Gasteiger partial charge in [-0.1, -0.05) is 52.4 Å². The van der Waals surface area contributed by atoms with Crippen LogP contribution in [0.4, 0.5) is 0 Å². The summed E-state index contributed by atoms with van der Waals surface area (Å²) < 4.78 is 0.